The first-order chi connectivity index (χ1) is 32.1. The van der Waals surface area contributed by atoms with Crippen LogP contribution >= 0.6 is 23.2 Å². The van der Waals surface area contributed by atoms with E-state index in [0.29, 0.717) is 22.4 Å². The molecule has 6 heterocycles. The van der Waals surface area contributed by atoms with Gasteiger partial charge >= 0.3 is 6.18 Å². The molecule has 19 nitrogen and oxygen atoms in total. The molecule has 0 radical (unpaired) electrons. The van der Waals surface area contributed by atoms with Crippen LogP contribution in [0.2, 0.25) is 5.02 Å². The second-order valence-corrected chi connectivity index (χ2v) is 17.7. The van der Waals surface area contributed by atoms with Crippen molar-refractivity contribution < 1.29 is 56.1 Å². The fourth-order valence-electron chi connectivity index (χ4n) is 8.94. The Bertz CT molecular complexity index is 2570. The number of hydrogen-bond acceptors (Lipinski definition) is 14. The fourth-order valence-corrected chi connectivity index (χ4v) is 9.28. The molecule has 24 heteroatoms. The van der Waals surface area contributed by atoms with Gasteiger partial charge in [0.05, 0.1) is 36.6 Å². The van der Waals surface area contributed by atoms with E-state index in [1.54, 1.807) is 49.4 Å². The monoisotopic (exact) mass is 970 g/mol. The smallest absolute Gasteiger partial charge is 0.363 e. The van der Waals surface area contributed by atoms with Crippen LogP contribution < -0.4 is 10.8 Å². The van der Waals surface area contributed by atoms with Crippen molar-refractivity contribution >= 4 is 52.5 Å². The fraction of sp³-hybridized carbons (Fsp3) is 0.442. The molecule has 4 saturated heterocycles. The molecule has 4 aromatic rings. The molecule has 67 heavy (non-hydrogen) atoms. The van der Waals surface area contributed by atoms with Gasteiger partial charge in [-0.25, -0.2) is 9.67 Å². The van der Waals surface area contributed by atoms with Gasteiger partial charge in [0, 0.05) is 29.1 Å². The number of anilines is 1. The number of likely N-dealkylation sites (tertiary alicyclic amines) is 1. The average molecular weight is 972 g/mol. The third kappa shape index (κ3) is 9.30. The first-order valence-corrected chi connectivity index (χ1v) is 22.1. The lowest BCUT2D eigenvalue weighted by Gasteiger charge is -2.51. The number of ether oxygens (including phenoxy) is 4. The first kappa shape index (κ1) is 46.4. The van der Waals surface area contributed by atoms with Crippen molar-refractivity contribution in [2.75, 3.05) is 31.8 Å². The number of imide groups is 1. The van der Waals surface area contributed by atoms with Crippen molar-refractivity contribution in [2.45, 2.75) is 93.8 Å². The van der Waals surface area contributed by atoms with Crippen molar-refractivity contribution in [3.63, 3.8) is 0 Å². The van der Waals surface area contributed by atoms with Gasteiger partial charge in [-0.15, -0.1) is 0 Å². The summed E-state index contributed by atoms with van der Waals surface area (Å²) in [5, 5.41) is 11.6. The highest BCUT2D eigenvalue weighted by Crippen LogP contribution is 2.44. The van der Waals surface area contributed by atoms with Crippen molar-refractivity contribution in [1.29, 1.82) is 5.53 Å². The largest absolute Gasteiger partial charge is 0.418 e. The number of hydrogen-bond donors (Lipinski definition) is 3. The lowest BCUT2D eigenvalue weighted by Crippen LogP contribution is -2.65. The summed E-state index contributed by atoms with van der Waals surface area (Å²) in [4.78, 5) is 64.4. The lowest BCUT2D eigenvalue weighted by molar-refractivity contribution is -0.327. The molecule has 0 aliphatic carbocycles. The minimum absolute atomic E-state index is 0.00616. The molecule has 0 spiro atoms. The van der Waals surface area contributed by atoms with Crippen LogP contribution in [0.4, 0.5) is 18.9 Å². The number of fused-ring (bicyclic) bond motifs is 2. The summed E-state index contributed by atoms with van der Waals surface area (Å²) in [5.74, 6) is -1.72. The maximum atomic E-state index is 14.5. The number of halogens is 5. The molecule has 4 amide bonds. The van der Waals surface area contributed by atoms with Crippen molar-refractivity contribution in [3.8, 4) is 5.69 Å². The molecule has 5 aliphatic heterocycles. The number of carbonyl (C=O) groups is 4. The SMILES string of the molecule is Cc1nc([C@@H]2O[C@@H]3COC(c4ccccc4)O[C@@H]3[C@H](N(N=N)C(C)Cl)[C@H]2OCC(=O)N2CC(ONc3ccc4c(c3)CN(C3CCC(=O)NC3=O)C4=O)C2)n(-c2cc(Cl)ccc2C(F)(F)F)n1. The lowest BCUT2D eigenvalue weighted by atomic mass is 9.90. The molecule has 9 rings (SSSR count). The van der Waals surface area contributed by atoms with E-state index in [1.807, 2.05) is 6.07 Å². The highest BCUT2D eigenvalue weighted by molar-refractivity contribution is 6.30. The average Bonchev–Trinajstić information content (AvgIpc) is 3.83. The van der Waals surface area contributed by atoms with E-state index in [2.05, 4.69) is 26.1 Å². The maximum absolute atomic E-state index is 14.5. The number of nitrogens with zero attached hydrogens (tertiary/aromatic N) is 7. The van der Waals surface area contributed by atoms with E-state index in [4.69, 9.17) is 52.5 Å². The van der Waals surface area contributed by atoms with Crippen LogP contribution in [-0.2, 0) is 50.9 Å². The maximum Gasteiger partial charge on any atom is 0.418 e. The summed E-state index contributed by atoms with van der Waals surface area (Å²) in [7, 11) is 0. The van der Waals surface area contributed by atoms with Crippen LogP contribution in [0, 0.1) is 12.5 Å². The zero-order chi connectivity index (χ0) is 47.3. The molecule has 354 valence electrons. The van der Waals surface area contributed by atoms with E-state index >= 15 is 0 Å². The quantitative estimate of drug-likeness (QED) is 0.0504. The van der Waals surface area contributed by atoms with Gasteiger partial charge in [-0.3, -0.25) is 39.8 Å². The van der Waals surface area contributed by atoms with E-state index in [-0.39, 0.29) is 67.6 Å². The van der Waals surface area contributed by atoms with Gasteiger partial charge in [-0.05, 0) is 62.2 Å². The van der Waals surface area contributed by atoms with E-state index in [1.165, 1.54) is 21.7 Å². The third-order valence-corrected chi connectivity index (χ3v) is 12.6. The summed E-state index contributed by atoms with van der Waals surface area (Å²) in [6, 6.07) is 15.2. The van der Waals surface area contributed by atoms with Crippen LogP contribution in [0.25, 0.3) is 5.69 Å². The van der Waals surface area contributed by atoms with Crippen molar-refractivity contribution in [1.82, 2.24) is 34.9 Å². The highest BCUT2D eigenvalue weighted by Gasteiger charge is 2.56. The second-order valence-electron chi connectivity index (χ2n) is 16.6. The Morgan fingerprint density at radius 3 is 2.60 bits per heavy atom. The molecule has 3 unspecified atom stereocenters. The number of carbonyl (C=O) groups excluding carboxylic acids is 4. The molecule has 5 aliphatic rings. The number of aryl methyl sites for hydroxylation is 1. The number of benzene rings is 3. The van der Waals surface area contributed by atoms with Gasteiger partial charge in [0.15, 0.2) is 12.1 Å². The molecule has 4 fully saturated rings. The van der Waals surface area contributed by atoms with Crippen LogP contribution in [0.5, 0.6) is 0 Å². The third-order valence-electron chi connectivity index (χ3n) is 12.2. The van der Waals surface area contributed by atoms with E-state index in [0.717, 1.165) is 22.9 Å². The molecule has 1 aromatic heterocycles. The van der Waals surface area contributed by atoms with Gasteiger partial charge in [-0.2, -0.15) is 23.8 Å². The Morgan fingerprint density at radius 2 is 1.88 bits per heavy atom. The molecule has 0 bridgehead atoms. The van der Waals surface area contributed by atoms with Gasteiger partial charge in [0.2, 0.25) is 17.7 Å². The molecule has 0 saturated carbocycles. The number of aromatic nitrogens is 3. The van der Waals surface area contributed by atoms with Crippen LogP contribution in [0.1, 0.15) is 70.9 Å². The molecular weight excluding hydrogens is 928 g/mol. The van der Waals surface area contributed by atoms with Gasteiger partial charge < -0.3 is 28.7 Å². The minimum atomic E-state index is -4.83. The van der Waals surface area contributed by atoms with E-state index < -0.39 is 90.2 Å². The standard InChI is InChI=1S/C43H43Cl2F3N10O9/c1-21(44)57(54-49)35-36-32(19-64-42(66-36)23-6-4-3-5-7-23)65-38(39-50-22(2)52-58(39)31-15-25(45)8-11-29(31)43(46,47)48)37(35)63-20-34(60)55-17-27(18-55)67-53-26-9-10-28-24(14-26)16-56(41(28)62)30-12-13-33(59)51-40(30)61/h3-11,14-15,21,27,30,32,35-38,42,49,53H,12-13,16-20H2,1-2H3,(H,51,59,61)/t21?,30?,32-,35+,36+,37-,38-,42?/m1/s1. The highest BCUT2D eigenvalue weighted by atomic mass is 35.5. The summed E-state index contributed by atoms with van der Waals surface area (Å²) < 4.78 is 70.3. The van der Waals surface area contributed by atoms with Gasteiger partial charge in [0.25, 0.3) is 5.91 Å². The van der Waals surface area contributed by atoms with Crippen LogP contribution in [0.15, 0.2) is 72.0 Å². The zero-order valence-electron chi connectivity index (χ0n) is 35.7. The van der Waals surface area contributed by atoms with Crippen molar-refractivity contribution in [2.24, 2.45) is 5.22 Å². The topological polar surface area (TPSA) is 215 Å². The summed E-state index contributed by atoms with van der Waals surface area (Å²) in [6.07, 6.45) is -10.5. The first-order valence-electron chi connectivity index (χ1n) is 21.2. The Balaban J connectivity index is 0.934. The second kappa shape index (κ2) is 18.7. The molecule has 3 N–H and O–H groups in total. The normalized spacial score (nSPS) is 25.8. The van der Waals surface area contributed by atoms with Crippen molar-refractivity contribution in [3.05, 3.63) is 106 Å². The number of piperidine rings is 1. The summed E-state index contributed by atoms with van der Waals surface area (Å²) in [6.45, 7) is 2.89. The minimum Gasteiger partial charge on any atom is -0.363 e. The Labute approximate surface area is 390 Å². The van der Waals surface area contributed by atoms with Crippen LogP contribution in [0.3, 0.4) is 0 Å². The Kier molecular flexibility index (Phi) is 13.0. The number of alkyl halides is 4. The Morgan fingerprint density at radius 1 is 1.10 bits per heavy atom. The molecule has 8 atom stereocenters. The van der Waals surface area contributed by atoms with Crippen LogP contribution in [-0.4, -0.2) is 122 Å². The van der Waals surface area contributed by atoms with Gasteiger partial charge in [-0.1, -0.05) is 58.8 Å². The predicted molar refractivity (Wildman–Crippen MR) is 227 cm³/mol. The number of nitrogens with one attached hydrogen (secondary N) is 3. The van der Waals surface area contributed by atoms with E-state index in [9.17, 15) is 32.3 Å². The van der Waals surface area contributed by atoms with Gasteiger partial charge in [0.1, 0.15) is 60.5 Å². The number of rotatable bonds is 13. The molecular formula is C43H43Cl2F3N10O9. The number of amides is 4. The zero-order valence-corrected chi connectivity index (χ0v) is 37.2. The summed E-state index contributed by atoms with van der Waals surface area (Å²) >= 11 is 12.9. The Hall–Kier alpha value is -5.75. The molecule has 3 aromatic carbocycles. The predicted octanol–water partition coefficient (Wildman–Crippen LogP) is 5.40. The summed E-state index contributed by atoms with van der Waals surface area (Å²) in [5.41, 5.74) is 11.0.